The molecule has 1 atom stereocenters. The van der Waals surface area contributed by atoms with Crippen LogP contribution in [0.4, 0.5) is 4.79 Å². The molecule has 0 aliphatic heterocycles. The third-order valence-electron chi connectivity index (χ3n) is 2.11. The molecule has 0 bridgehead atoms. The van der Waals surface area contributed by atoms with Gasteiger partial charge in [-0.15, -0.1) is 0 Å². The second-order valence-corrected chi connectivity index (χ2v) is 3.38. The first-order valence-electron chi connectivity index (χ1n) is 5.40. The van der Waals surface area contributed by atoms with Crippen molar-refractivity contribution in [2.45, 2.75) is 6.10 Å². The summed E-state index contributed by atoms with van der Waals surface area (Å²) in [5, 5.41) is 11.7. The fourth-order valence-electron chi connectivity index (χ4n) is 1.31. The molecule has 1 unspecified atom stereocenters. The second kappa shape index (κ2) is 7.83. The third kappa shape index (κ3) is 5.17. The van der Waals surface area contributed by atoms with Crippen molar-refractivity contribution < 1.29 is 24.2 Å². The van der Waals surface area contributed by atoms with E-state index in [-0.39, 0.29) is 6.61 Å². The monoisotopic (exact) mass is 266 g/mol. The number of hydrogen-bond acceptors (Lipinski definition) is 5. The van der Waals surface area contributed by atoms with Crippen LogP contribution in [0, 0.1) is 0 Å². The van der Waals surface area contributed by atoms with E-state index in [1.54, 1.807) is 29.7 Å². The van der Waals surface area contributed by atoms with Crippen molar-refractivity contribution in [2.75, 3.05) is 13.7 Å². The Bertz CT molecular complexity index is 447. The summed E-state index contributed by atoms with van der Waals surface area (Å²) in [4.78, 5) is 21.7. The normalized spacial score (nSPS) is 12.1. The maximum absolute atomic E-state index is 11.6. The maximum atomic E-state index is 11.6. The Kier molecular flexibility index (Phi) is 6.04. The Labute approximate surface area is 109 Å². The molecule has 1 amide bonds. The van der Waals surface area contributed by atoms with Gasteiger partial charge in [0.1, 0.15) is 0 Å². The van der Waals surface area contributed by atoms with Crippen LogP contribution in [0.2, 0.25) is 0 Å². The molecule has 1 aromatic rings. The zero-order valence-corrected chi connectivity index (χ0v) is 10.3. The van der Waals surface area contributed by atoms with Gasteiger partial charge in [0, 0.05) is 0 Å². The number of rotatable bonds is 6. The number of benzene rings is 1. The molecular formula is C12H14N2O5. The average molecular weight is 266 g/mol. The highest BCUT2D eigenvalue weighted by atomic mass is 16.6. The van der Waals surface area contributed by atoms with Crippen molar-refractivity contribution in [3.8, 4) is 0 Å². The largest absolute Gasteiger partial charge is 0.467 e. The van der Waals surface area contributed by atoms with Crippen LogP contribution in [-0.4, -0.2) is 37.1 Å². The van der Waals surface area contributed by atoms with E-state index in [4.69, 9.17) is 9.84 Å². The molecule has 2 N–H and O–H groups in total. The first-order valence-corrected chi connectivity index (χ1v) is 5.40. The van der Waals surface area contributed by atoms with E-state index in [1.165, 1.54) is 13.3 Å². The zero-order valence-electron chi connectivity index (χ0n) is 10.3. The van der Waals surface area contributed by atoms with Crippen molar-refractivity contribution in [1.29, 1.82) is 0 Å². The van der Waals surface area contributed by atoms with Crippen LogP contribution in [-0.2, 0) is 14.3 Å². The topological polar surface area (TPSA) is 97.2 Å². The molecule has 0 aromatic heterocycles. The van der Waals surface area contributed by atoms with Crippen molar-refractivity contribution >= 4 is 18.3 Å². The zero-order chi connectivity index (χ0) is 14.1. The molecule has 7 nitrogen and oxygen atoms in total. The van der Waals surface area contributed by atoms with E-state index < -0.39 is 18.2 Å². The fraction of sp³-hybridized carbons (Fsp3) is 0.250. The summed E-state index contributed by atoms with van der Waals surface area (Å²) in [6.45, 7) is -0.0328. The number of nitrogens with zero attached hydrogens (tertiary/aromatic N) is 1. The van der Waals surface area contributed by atoms with Crippen molar-refractivity contribution in [2.24, 2.45) is 5.10 Å². The van der Waals surface area contributed by atoms with Gasteiger partial charge in [-0.3, -0.25) is 0 Å². The van der Waals surface area contributed by atoms with Crippen LogP contribution < -0.4 is 5.43 Å². The summed E-state index contributed by atoms with van der Waals surface area (Å²) in [7, 11) is 1.27. The Morgan fingerprint density at radius 3 is 2.68 bits per heavy atom. The van der Waals surface area contributed by atoms with Crippen LogP contribution >= 0.6 is 0 Å². The van der Waals surface area contributed by atoms with Crippen LogP contribution in [0.5, 0.6) is 0 Å². The quantitative estimate of drug-likeness (QED) is 0.457. The highest BCUT2D eigenvalue weighted by Gasteiger charge is 2.21. The van der Waals surface area contributed by atoms with Gasteiger partial charge in [-0.05, 0) is 5.56 Å². The Hall–Kier alpha value is -2.41. The lowest BCUT2D eigenvalue weighted by Gasteiger charge is -2.14. The Morgan fingerprint density at radius 1 is 1.42 bits per heavy atom. The number of carboxylic acid groups (broad SMARTS) is 1. The highest BCUT2D eigenvalue weighted by molar-refractivity contribution is 5.76. The summed E-state index contributed by atoms with van der Waals surface area (Å²) >= 11 is 0. The molecule has 1 aromatic carbocycles. The molecule has 7 heteroatoms. The third-order valence-corrected chi connectivity index (χ3v) is 2.11. The summed E-state index contributed by atoms with van der Waals surface area (Å²) in [6, 6.07) is 8.82. The van der Waals surface area contributed by atoms with Crippen LogP contribution in [0.1, 0.15) is 11.7 Å². The summed E-state index contributed by atoms with van der Waals surface area (Å²) in [5.74, 6) is -0.536. The van der Waals surface area contributed by atoms with E-state index in [2.05, 4.69) is 9.84 Å². The fourth-order valence-corrected chi connectivity index (χ4v) is 1.31. The number of amides is 1. The number of methoxy groups -OCH3 is 1. The highest BCUT2D eigenvalue weighted by Crippen LogP contribution is 2.18. The molecule has 0 heterocycles. The molecule has 19 heavy (non-hydrogen) atoms. The van der Waals surface area contributed by atoms with Crippen molar-refractivity contribution in [1.82, 2.24) is 5.43 Å². The molecule has 102 valence electrons. The SMILES string of the molecule is COC(=O)C(OC/C=N/NC(=O)O)c1ccccc1. The molecule has 0 saturated carbocycles. The van der Waals surface area contributed by atoms with E-state index in [0.717, 1.165) is 0 Å². The molecule has 0 fully saturated rings. The predicted octanol–water partition coefficient (Wildman–Crippen LogP) is 1.17. The predicted molar refractivity (Wildman–Crippen MR) is 66.8 cm³/mol. The van der Waals surface area contributed by atoms with E-state index >= 15 is 0 Å². The Morgan fingerprint density at radius 2 is 2.11 bits per heavy atom. The smallest absolute Gasteiger partial charge is 0.425 e. The summed E-state index contributed by atoms with van der Waals surface area (Å²) in [5.41, 5.74) is 2.44. The summed E-state index contributed by atoms with van der Waals surface area (Å²) in [6.07, 6.45) is -0.946. The lowest BCUT2D eigenvalue weighted by Crippen LogP contribution is -2.19. The average Bonchev–Trinajstić information content (AvgIpc) is 2.42. The lowest BCUT2D eigenvalue weighted by atomic mass is 10.1. The van der Waals surface area contributed by atoms with Gasteiger partial charge in [0.25, 0.3) is 0 Å². The van der Waals surface area contributed by atoms with E-state index in [9.17, 15) is 9.59 Å². The molecule has 1 rings (SSSR count). The van der Waals surface area contributed by atoms with Crippen LogP contribution in [0.25, 0.3) is 0 Å². The van der Waals surface area contributed by atoms with Gasteiger partial charge in [-0.1, -0.05) is 30.3 Å². The first kappa shape index (κ1) is 14.7. The molecular weight excluding hydrogens is 252 g/mol. The number of carbonyl (C=O) groups excluding carboxylic acids is 1. The minimum Gasteiger partial charge on any atom is -0.467 e. The lowest BCUT2D eigenvalue weighted by molar-refractivity contribution is -0.153. The summed E-state index contributed by atoms with van der Waals surface area (Å²) < 4.78 is 9.95. The van der Waals surface area contributed by atoms with Gasteiger partial charge < -0.3 is 14.6 Å². The van der Waals surface area contributed by atoms with E-state index in [0.29, 0.717) is 5.56 Å². The number of ether oxygens (including phenoxy) is 2. The molecule has 0 radical (unpaired) electrons. The minimum atomic E-state index is -1.27. The number of nitrogens with one attached hydrogen (secondary N) is 1. The van der Waals surface area contributed by atoms with Gasteiger partial charge in [0.05, 0.1) is 19.9 Å². The number of hydrogen-bond donors (Lipinski definition) is 2. The minimum absolute atomic E-state index is 0.0328. The van der Waals surface area contributed by atoms with Crippen molar-refractivity contribution in [3.63, 3.8) is 0 Å². The molecule has 0 saturated heterocycles. The standard InChI is InChI=1S/C12H14N2O5/c1-18-11(15)10(9-5-3-2-4-6-9)19-8-7-13-14-12(16)17/h2-7,10,14H,8H2,1H3,(H,16,17)/b13-7+. The molecule has 0 aliphatic rings. The number of carbonyl (C=O) groups is 2. The van der Waals surface area contributed by atoms with Gasteiger partial charge in [-0.25, -0.2) is 15.0 Å². The van der Waals surface area contributed by atoms with Crippen LogP contribution in [0.15, 0.2) is 35.4 Å². The first-order chi connectivity index (χ1) is 9.15. The maximum Gasteiger partial charge on any atom is 0.425 e. The molecule has 0 spiro atoms. The van der Waals surface area contributed by atoms with Gasteiger partial charge in [0.15, 0.2) is 6.10 Å². The van der Waals surface area contributed by atoms with Gasteiger partial charge in [-0.2, -0.15) is 5.10 Å². The van der Waals surface area contributed by atoms with Crippen molar-refractivity contribution in [3.05, 3.63) is 35.9 Å². The van der Waals surface area contributed by atoms with Gasteiger partial charge in [0.2, 0.25) is 0 Å². The number of hydrazone groups is 1. The molecule has 0 aliphatic carbocycles. The Balaban J connectivity index is 2.59. The van der Waals surface area contributed by atoms with E-state index in [1.807, 2.05) is 6.07 Å². The number of esters is 1. The second-order valence-electron chi connectivity index (χ2n) is 3.38. The van der Waals surface area contributed by atoms with Gasteiger partial charge >= 0.3 is 12.1 Å². The van der Waals surface area contributed by atoms with Crippen LogP contribution in [0.3, 0.4) is 0 Å².